The lowest BCUT2D eigenvalue weighted by Crippen LogP contribution is -2.69. The summed E-state index contributed by atoms with van der Waals surface area (Å²) in [5, 5.41) is 21.6. The van der Waals surface area contributed by atoms with Crippen LogP contribution in [0.4, 0.5) is 0 Å². The van der Waals surface area contributed by atoms with Gasteiger partial charge in [0.2, 0.25) is 0 Å². The Morgan fingerprint density at radius 3 is 2.14 bits per heavy atom. The van der Waals surface area contributed by atoms with Crippen molar-refractivity contribution in [2.24, 2.45) is 56.7 Å². The van der Waals surface area contributed by atoms with E-state index in [4.69, 9.17) is 0 Å². The van der Waals surface area contributed by atoms with Gasteiger partial charge in [-0.15, -0.1) is 0 Å². The summed E-state index contributed by atoms with van der Waals surface area (Å²) in [6.45, 7) is 15.0. The highest BCUT2D eigenvalue weighted by Crippen LogP contribution is 2.77. The van der Waals surface area contributed by atoms with Crippen LogP contribution in [-0.4, -0.2) is 27.9 Å². The number of aliphatic carboxylic acids is 2. The van der Waals surface area contributed by atoms with E-state index in [1.165, 1.54) is 0 Å². The normalized spacial score (nSPS) is 50.3. The number of carbonyl (C=O) groups is 3. The summed E-state index contributed by atoms with van der Waals surface area (Å²) in [4.78, 5) is 39.2. The molecule has 2 N–H and O–H groups in total. The number of allylic oxidation sites excluding steroid dienone is 1. The fraction of sp³-hybridized carbons (Fsp3) is 0.833. The zero-order chi connectivity index (χ0) is 25.8. The Morgan fingerprint density at radius 2 is 1.54 bits per heavy atom. The van der Waals surface area contributed by atoms with Crippen molar-refractivity contribution < 1.29 is 24.6 Å². The molecular formula is C30H44O5. The minimum atomic E-state index is -0.919. The fourth-order valence-corrected chi connectivity index (χ4v) is 11.4. The molecule has 9 atom stereocenters. The van der Waals surface area contributed by atoms with Gasteiger partial charge in [0.05, 0.1) is 10.8 Å². The fourth-order valence-electron chi connectivity index (χ4n) is 11.4. The highest BCUT2D eigenvalue weighted by atomic mass is 16.4. The molecule has 0 spiro atoms. The van der Waals surface area contributed by atoms with Crippen molar-refractivity contribution in [2.45, 2.75) is 98.8 Å². The number of hydrogen-bond donors (Lipinski definition) is 2. The van der Waals surface area contributed by atoms with Crippen LogP contribution in [0.2, 0.25) is 0 Å². The number of Topliss-reactive ketones (excluding diaryl/α,β-unsaturated/α-hetero) is 1. The molecule has 0 aromatic heterocycles. The first-order valence-electron chi connectivity index (χ1n) is 13.9. The number of ketones is 1. The average Bonchev–Trinajstić information content (AvgIpc) is 3.18. The Labute approximate surface area is 210 Å². The molecule has 0 heterocycles. The number of fused-ring (bicyclic) bond motifs is 7. The van der Waals surface area contributed by atoms with Gasteiger partial charge in [-0.05, 0) is 105 Å². The number of carbonyl (C=O) groups excluding carboxylic acids is 1. The summed E-state index contributed by atoms with van der Waals surface area (Å²) in [5.41, 5.74) is -1.58. The number of carboxylic acids is 2. The molecule has 0 aromatic rings. The van der Waals surface area contributed by atoms with Gasteiger partial charge in [0.1, 0.15) is 5.78 Å². The van der Waals surface area contributed by atoms with Gasteiger partial charge >= 0.3 is 11.9 Å². The second kappa shape index (κ2) is 7.44. The minimum Gasteiger partial charge on any atom is -0.481 e. The SMILES string of the molecule is C=C(C)[C@@H]1CC[C@]2(C(=O)O)CC[C@]3(C(=O)O)[C@H](CC[C@@H]4[C@@]5(C)CCC(=O)C(C)(C)[C@@H]5CC[C@]43C)[C@H]12. The van der Waals surface area contributed by atoms with Crippen LogP contribution in [0.15, 0.2) is 12.2 Å². The lowest BCUT2D eigenvalue weighted by atomic mass is 9.32. The van der Waals surface area contributed by atoms with Gasteiger partial charge in [0.15, 0.2) is 0 Å². The maximum Gasteiger partial charge on any atom is 0.310 e. The second-order valence-electron chi connectivity index (χ2n) is 14.2. The maximum absolute atomic E-state index is 13.5. The van der Waals surface area contributed by atoms with Gasteiger partial charge in [0.25, 0.3) is 0 Å². The molecule has 0 bridgehead atoms. The zero-order valence-electron chi connectivity index (χ0n) is 22.3. The summed E-state index contributed by atoms with van der Waals surface area (Å²) < 4.78 is 0. The van der Waals surface area contributed by atoms with E-state index < -0.39 is 28.2 Å². The summed E-state index contributed by atoms with van der Waals surface area (Å²) in [6.07, 6.45) is 7.15. The first-order chi connectivity index (χ1) is 16.2. The molecule has 5 fully saturated rings. The monoisotopic (exact) mass is 484 g/mol. The third kappa shape index (κ3) is 2.79. The van der Waals surface area contributed by atoms with Crippen LogP contribution in [0.25, 0.3) is 0 Å². The van der Waals surface area contributed by atoms with E-state index in [1.807, 2.05) is 6.92 Å². The molecule has 0 amide bonds. The Hall–Kier alpha value is -1.65. The molecule has 5 aliphatic rings. The molecule has 5 nitrogen and oxygen atoms in total. The molecule has 0 radical (unpaired) electrons. The number of hydrogen-bond acceptors (Lipinski definition) is 3. The molecule has 0 saturated heterocycles. The van der Waals surface area contributed by atoms with Gasteiger partial charge in [-0.1, -0.05) is 39.8 Å². The van der Waals surface area contributed by atoms with Crippen LogP contribution in [-0.2, 0) is 14.4 Å². The number of carboxylic acid groups (broad SMARTS) is 2. The minimum absolute atomic E-state index is 0.0669. The van der Waals surface area contributed by atoms with Crippen molar-refractivity contribution in [3.05, 3.63) is 12.2 Å². The van der Waals surface area contributed by atoms with Crippen molar-refractivity contribution in [1.82, 2.24) is 0 Å². The van der Waals surface area contributed by atoms with Gasteiger partial charge in [-0.2, -0.15) is 0 Å². The topological polar surface area (TPSA) is 91.7 Å². The summed E-state index contributed by atoms with van der Waals surface area (Å²) in [6, 6.07) is 0. The van der Waals surface area contributed by atoms with Crippen molar-refractivity contribution in [3.8, 4) is 0 Å². The van der Waals surface area contributed by atoms with E-state index in [1.54, 1.807) is 0 Å². The average molecular weight is 485 g/mol. The third-order valence-electron chi connectivity index (χ3n) is 13.0. The highest BCUT2D eigenvalue weighted by Gasteiger charge is 2.75. The predicted octanol–water partition coefficient (Wildman–Crippen LogP) is 6.36. The molecule has 0 unspecified atom stereocenters. The number of rotatable bonds is 3. The Balaban J connectivity index is 1.64. The maximum atomic E-state index is 13.5. The van der Waals surface area contributed by atoms with Crippen molar-refractivity contribution >= 4 is 17.7 Å². The molecule has 194 valence electrons. The predicted molar refractivity (Wildman–Crippen MR) is 134 cm³/mol. The van der Waals surface area contributed by atoms with Crippen molar-refractivity contribution in [3.63, 3.8) is 0 Å². The van der Waals surface area contributed by atoms with E-state index in [9.17, 15) is 24.6 Å². The van der Waals surface area contributed by atoms with Crippen molar-refractivity contribution in [2.75, 3.05) is 0 Å². The molecule has 5 aliphatic carbocycles. The summed E-state index contributed by atoms with van der Waals surface area (Å²) in [5.74, 6) is -0.819. The quantitative estimate of drug-likeness (QED) is 0.455. The van der Waals surface area contributed by atoms with Crippen molar-refractivity contribution in [1.29, 1.82) is 0 Å². The van der Waals surface area contributed by atoms with Crippen LogP contribution in [0.1, 0.15) is 98.8 Å². The first-order valence-corrected chi connectivity index (χ1v) is 13.9. The molecule has 35 heavy (non-hydrogen) atoms. The van der Waals surface area contributed by atoms with Crippen LogP contribution in [0.3, 0.4) is 0 Å². The van der Waals surface area contributed by atoms with E-state index in [-0.39, 0.29) is 40.4 Å². The Bertz CT molecular complexity index is 997. The Kier molecular flexibility index (Phi) is 5.32. The highest BCUT2D eigenvalue weighted by molar-refractivity contribution is 5.85. The third-order valence-corrected chi connectivity index (χ3v) is 13.0. The van der Waals surface area contributed by atoms with E-state index in [0.29, 0.717) is 31.5 Å². The van der Waals surface area contributed by atoms with Crippen LogP contribution < -0.4 is 0 Å². The van der Waals surface area contributed by atoms with Gasteiger partial charge in [0, 0.05) is 11.8 Å². The largest absolute Gasteiger partial charge is 0.481 e. The summed E-state index contributed by atoms with van der Waals surface area (Å²) >= 11 is 0. The van der Waals surface area contributed by atoms with Crippen LogP contribution in [0.5, 0.6) is 0 Å². The van der Waals surface area contributed by atoms with E-state index in [2.05, 4.69) is 34.3 Å². The zero-order valence-corrected chi connectivity index (χ0v) is 22.3. The molecular weight excluding hydrogens is 440 g/mol. The standard InChI is InChI=1S/C30H44O5/c1-17(2)18-9-14-29(24(32)33)15-16-30(25(34)35)19(23(18)29)7-8-21-27(5)12-11-22(31)26(3,4)20(27)10-13-28(21,30)6/h18-21,23H,1,7-16H2,2-6H3,(H,32,33)(H,34,35)/t18-,19+,20-,21+,23-,27-,28+,29-,30+/m0/s1. The molecule has 5 saturated carbocycles. The molecule has 5 heteroatoms. The van der Waals surface area contributed by atoms with Gasteiger partial charge < -0.3 is 10.2 Å². The van der Waals surface area contributed by atoms with E-state index in [0.717, 1.165) is 44.1 Å². The van der Waals surface area contributed by atoms with Crippen LogP contribution >= 0.6 is 0 Å². The lowest BCUT2D eigenvalue weighted by Gasteiger charge is -2.71. The molecule has 5 rings (SSSR count). The first kappa shape index (κ1) is 25.0. The second-order valence-corrected chi connectivity index (χ2v) is 14.2. The van der Waals surface area contributed by atoms with Gasteiger partial charge in [-0.25, -0.2) is 0 Å². The Morgan fingerprint density at radius 1 is 0.857 bits per heavy atom. The smallest absolute Gasteiger partial charge is 0.310 e. The molecule has 0 aromatic carbocycles. The summed E-state index contributed by atoms with van der Waals surface area (Å²) in [7, 11) is 0. The van der Waals surface area contributed by atoms with Crippen LogP contribution in [0, 0.1) is 56.7 Å². The lowest BCUT2D eigenvalue weighted by molar-refractivity contribution is -0.245. The molecule has 0 aliphatic heterocycles. The van der Waals surface area contributed by atoms with Gasteiger partial charge in [-0.3, -0.25) is 14.4 Å². The van der Waals surface area contributed by atoms with E-state index >= 15 is 0 Å².